The first kappa shape index (κ1) is 8.48. The fourth-order valence-corrected chi connectivity index (χ4v) is 0.885. The molecule has 0 saturated carbocycles. The normalized spacial score (nSPS) is 11.3. The van der Waals surface area contributed by atoms with Crippen LogP contribution in [0.5, 0.6) is 0 Å². The predicted molar refractivity (Wildman–Crippen MR) is 47.0 cm³/mol. The summed E-state index contributed by atoms with van der Waals surface area (Å²) in [4.78, 5) is 4.05. The molecule has 0 aliphatic rings. The molecule has 5 nitrogen and oxygen atoms in total. The number of hydrogen-bond donors (Lipinski definition) is 3. The lowest BCUT2D eigenvalue weighted by Crippen LogP contribution is -2.23. The van der Waals surface area contributed by atoms with E-state index in [2.05, 4.69) is 15.6 Å². The van der Waals surface area contributed by atoms with Gasteiger partial charge in [-0.05, 0) is 19.1 Å². The van der Waals surface area contributed by atoms with Crippen LogP contribution in [0.25, 0.3) is 0 Å². The van der Waals surface area contributed by atoms with Crippen molar-refractivity contribution in [1.82, 2.24) is 10.5 Å². The Bertz CT molecular complexity index is 294. The first-order valence-electron chi connectivity index (χ1n) is 3.46. The minimum Gasteiger partial charge on any atom is -0.382 e. The Morgan fingerprint density at radius 2 is 2.42 bits per heavy atom. The van der Waals surface area contributed by atoms with Crippen molar-refractivity contribution in [2.24, 2.45) is 16.7 Å². The third-order valence-electron chi connectivity index (χ3n) is 1.47. The second-order valence-corrected chi connectivity index (χ2v) is 2.26. The van der Waals surface area contributed by atoms with Gasteiger partial charge in [-0.1, -0.05) is 0 Å². The Kier molecular flexibility index (Phi) is 2.60. The van der Waals surface area contributed by atoms with E-state index in [-0.39, 0.29) is 0 Å². The Balaban J connectivity index is 3.02. The summed E-state index contributed by atoms with van der Waals surface area (Å²) in [6, 6.07) is 3.62. The van der Waals surface area contributed by atoms with Gasteiger partial charge in [0.1, 0.15) is 0 Å². The summed E-state index contributed by atoms with van der Waals surface area (Å²) in [5.74, 6) is 5.32. The minimum atomic E-state index is 0.336. The standard InChI is InChI=1S/C7H11N5/c1-5-6(3-2-4-10-5)7(8)11-12-9/h2-4,12H,9H2,1H3,(H2,8,11). The molecular weight excluding hydrogens is 154 g/mol. The van der Waals surface area contributed by atoms with Crippen LogP contribution in [0, 0.1) is 6.92 Å². The number of hydrogen-bond acceptors (Lipinski definition) is 4. The molecule has 0 bridgehead atoms. The van der Waals surface area contributed by atoms with Crippen molar-refractivity contribution in [1.29, 1.82) is 0 Å². The zero-order valence-corrected chi connectivity index (χ0v) is 6.78. The molecule has 64 valence electrons. The van der Waals surface area contributed by atoms with Crippen molar-refractivity contribution >= 4 is 5.84 Å². The summed E-state index contributed by atoms with van der Waals surface area (Å²) in [5, 5.41) is 3.64. The lowest BCUT2D eigenvalue weighted by atomic mass is 10.2. The summed E-state index contributed by atoms with van der Waals surface area (Å²) in [6.45, 7) is 1.86. The number of nitrogens with two attached hydrogens (primary N) is 2. The molecular formula is C7H11N5. The van der Waals surface area contributed by atoms with E-state index in [4.69, 9.17) is 11.6 Å². The van der Waals surface area contributed by atoms with E-state index in [0.717, 1.165) is 11.3 Å². The highest BCUT2D eigenvalue weighted by molar-refractivity contribution is 5.98. The molecule has 0 unspecified atom stereocenters. The number of pyridine rings is 1. The van der Waals surface area contributed by atoms with Crippen molar-refractivity contribution in [3.63, 3.8) is 0 Å². The Morgan fingerprint density at radius 1 is 1.67 bits per heavy atom. The molecule has 0 radical (unpaired) electrons. The second-order valence-electron chi connectivity index (χ2n) is 2.26. The molecule has 0 saturated heterocycles. The van der Waals surface area contributed by atoms with E-state index in [1.165, 1.54) is 0 Å². The molecule has 0 amide bonds. The summed E-state index contributed by atoms with van der Waals surface area (Å²) >= 11 is 0. The van der Waals surface area contributed by atoms with Gasteiger partial charge in [-0.2, -0.15) is 0 Å². The van der Waals surface area contributed by atoms with Crippen molar-refractivity contribution in [2.75, 3.05) is 0 Å². The maximum Gasteiger partial charge on any atom is 0.153 e. The van der Waals surface area contributed by atoms with Gasteiger partial charge in [-0.15, -0.1) is 5.10 Å². The molecule has 0 aliphatic carbocycles. The third-order valence-corrected chi connectivity index (χ3v) is 1.47. The molecule has 0 atom stereocenters. The van der Waals surface area contributed by atoms with Gasteiger partial charge in [-0.3, -0.25) is 4.98 Å². The predicted octanol–water partition coefficient (Wildman–Crippen LogP) is -0.526. The zero-order chi connectivity index (χ0) is 8.97. The molecule has 0 aliphatic heterocycles. The average molecular weight is 165 g/mol. The number of nitrogens with one attached hydrogen (secondary N) is 1. The molecule has 0 aromatic carbocycles. The summed E-state index contributed by atoms with van der Waals surface area (Å²) in [7, 11) is 0. The van der Waals surface area contributed by atoms with Gasteiger partial charge in [0.25, 0.3) is 0 Å². The highest BCUT2D eigenvalue weighted by Gasteiger charge is 2.01. The Hall–Kier alpha value is -1.62. The summed E-state index contributed by atoms with van der Waals surface area (Å²) < 4.78 is 0. The monoisotopic (exact) mass is 165 g/mol. The van der Waals surface area contributed by atoms with E-state index >= 15 is 0 Å². The summed E-state index contributed by atoms with van der Waals surface area (Å²) in [5.41, 5.74) is 9.32. The molecule has 1 aromatic heterocycles. The van der Waals surface area contributed by atoms with Crippen molar-refractivity contribution in [2.45, 2.75) is 6.92 Å². The van der Waals surface area contributed by atoms with Gasteiger partial charge < -0.3 is 5.73 Å². The van der Waals surface area contributed by atoms with Crippen LogP contribution in [0.15, 0.2) is 23.4 Å². The molecule has 1 aromatic rings. The number of hydrazine groups is 1. The number of nitrogens with zero attached hydrogens (tertiary/aromatic N) is 2. The van der Waals surface area contributed by atoms with E-state index in [1.54, 1.807) is 12.3 Å². The van der Waals surface area contributed by atoms with Gasteiger partial charge in [0.2, 0.25) is 0 Å². The molecule has 5 heteroatoms. The highest BCUT2D eigenvalue weighted by atomic mass is 15.5. The number of rotatable bonds is 2. The van der Waals surface area contributed by atoms with Gasteiger partial charge in [0.05, 0.1) is 0 Å². The first-order valence-corrected chi connectivity index (χ1v) is 3.46. The molecule has 0 spiro atoms. The number of aryl methyl sites for hydroxylation is 1. The van der Waals surface area contributed by atoms with Crippen LogP contribution >= 0.6 is 0 Å². The fraction of sp³-hybridized carbons (Fsp3) is 0.143. The molecule has 0 fully saturated rings. The van der Waals surface area contributed by atoms with E-state index in [0.29, 0.717) is 5.84 Å². The third kappa shape index (κ3) is 1.70. The largest absolute Gasteiger partial charge is 0.382 e. The number of hydrazone groups is 1. The molecule has 12 heavy (non-hydrogen) atoms. The van der Waals surface area contributed by atoms with Crippen molar-refractivity contribution < 1.29 is 0 Å². The SMILES string of the molecule is Cc1ncccc1/C(N)=N/NN. The van der Waals surface area contributed by atoms with Crippen molar-refractivity contribution in [3.05, 3.63) is 29.6 Å². The fourth-order valence-electron chi connectivity index (χ4n) is 0.885. The van der Waals surface area contributed by atoms with Gasteiger partial charge in [0, 0.05) is 17.5 Å². The topological polar surface area (TPSA) is 89.3 Å². The first-order chi connectivity index (χ1) is 5.75. The Labute approximate surface area is 70.4 Å². The zero-order valence-electron chi connectivity index (χ0n) is 6.78. The highest BCUT2D eigenvalue weighted by Crippen LogP contribution is 2.01. The lowest BCUT2D eigenvalue weighted by molar-refractivity contribution is 0.803. The maximum absolute atomic E-state index is 5.57. The average Bonchev–Trinajstić information content (AvgIpc) is 2.05. The van der Waals surface area contributed by atoms with E-state index in [1.807, 2.05) is 13.0 Å². The lowest BCUT2D eigenvalue weighted by Gasteiger charge is -2.02. The summed E-state index contributed by atoms with van der Waals surface area (Å²) in [6.07, 6.45) is 1.70. The molecule has 1 rings (SSSR count). The Morgan fingerprint density at radius 3 is 3.00 bits per heavy atom. The van der Waals surface area contributed by atoms with Crippen LogP contribution in [0.1, 0.15) is 11.3 Å². The van der Waals surface area contributed by atoms with Crippen molar-refractivity contribution in [3.8, 4) is 0 Å². The van der Waals surface area contributed by atoms with Crippen LogP contribution in [0.3, 0.4) is 0 Å². The smallest absolute Gasteiger partial charge is 0.153 e. The molecule has 1 heterocycles. The van der Waals surface area contributed by atoms with Gasteiger partial charge in [0.15, 0.2) is 5.84 Å². The molecule has 5 N–H and O–H groups in total. The van der Waals surface area contributed by atoms with Gasteiger partial charge in [-0.25, -0.2) is 11.4 Å². The maximum atomic E-state index is 5.57. The number of amidine groups is 1. The van der Waals surface area contributed by atoms with E-state index in [9.17, 15) is 0 Å². The van der Waals surface area contributed by atoms with E-state index < -0.39 is 0 Å². The van der Waals surface area contributed by atoms with Crippen LogP contribution in [-0.2, 0) is 0 Å². The number of aromatic nitrogens is 1. The van der Waals surface area contributed by atoms with Crippen LogP contribution < -0.4 is 17.1 Å². The van der Waals surface area contributed by atoms with Crippen LogP contribution in [0.2, 0.25) is 0 Å². The van der Waals surface area contributed by atoms with Gasteiger partial charge >= 0.3 is 0 Å². The minimum absolute atomic E-state index is 0.336. The van der Waals surface area contributed by atoms with Crippen LogP contribution in [0.4, 0.5) is 0 Å². The quantitative estimate of drug-likeness (QED) is 0.238. The second kappa shape index (κ2) is 3.68. The van der Waals surface area contributed by atoms with Crippen LogP contribution in [-0.4, -0.2) is 10.8 Å².